The average molecular weight is 230 g/mol. The van der Waals surface area contributed by atoms with Gasteiger partial charge in [0.1, 0.15) is 5.84 Å². The van der Waals surface area contributed by atoms with E-state index in [0.717, 1.165) is 13.1 Å². The van der Waals surface area contributed by atoms with Crippen LogP contribution in [0.5, 0.6) is 0 Å². The Kier molecular flexibility index (Phi) is 7.08. The second-order valence-corrected chi connectivity index (χ2v) is 4.59. The largest absolute Gasteiger partial charge is 0.409 e. The fourth-order valence-corrected chi connectivity index (χ4v) is 2.15. The molecule has 0 aliphatic rings. The molecule has 3 N–H and O–H groups in total. The molecule has 0 aliphatic heterocycles. The third-order valence-electron chi connectivity index (χ3n) is 2.76. The van der Waals surface area contributed by atoms with Crippen molar-refractivity contribution >= 4 is 5.84 Å². The number of oxime groups is 1. The number of nitrogens with zero attached hydrogens (tertiary/aromatic N) is 3. The predicted molar refractivity (Wildman–Crippen MR) is 67.9 cm³/mol. The summed E-state index contributed by atoms with van der Waals surface area (Å²) in [5, 5.41) is 11.6. The molecule has 2 atom stereocenters. The van der Waals surface area contributed by atoms with E-state index in [-0.39, 0.29) is 6.04 Å². The Bertz CT molecular complexity index is 218. The van der Waals surface area contributed by atoms with Crippen molar-refractivity contribution in [3.8, 4) is 0 Å². The van der Waals surface area contributed by atoms with Gasteiger partial charge >= 0.3 is 0 Å². The van der Waals surface area contributed by atoms with E-state index in [2.05, 4.69) is 49.8 Å². The predicted octanol–water partition coefficient (Wildman–Crippen LogP) is 0.783. The SMILES string of the molecule is CCN(C(C)CC(N)=NO)C(C)CN(C)C. The van der Waals surface area contributed by atoms with Crippen molar-refractivity contribution in [1.29, 1.82) is 0 Å². The Morgan fingerprint density at radius 2 is 1.88 bits per heavy atom. The van der Waals surface area contributed by atoms with Crippen LogP contribution in [-0.4, -0.2) is 60.1 Å². The Morgan fingerprint density at radius 3 is 2.25 bits per heavy atom. The van der Waals surface area contributed by atoms with Gasteiger partial charge in [-0.25, -0.2) is 0 Å². The van der Waals surface area contributed by atoms with E-state index in [0.29, 0.717) is 18.3 Å². The first-order chi connectivity index (χ1) is 7.42. The number of hydrogen-bond donors (Lipinski definition) is 2. The topological polar surface area (TPSA) is 65.1 Å². The second-order valence-electron chi connectivity index (χ2n) is 4.59. The van der Waals surface area contributed by atoms with Gasteiger partial charge in [0.25, 0.3) is 0 Å². The molecule has 5 nitrogen and oxygen atoms in total. The Morgan fingerprint density at radius 1 is 1.31 bits per heavy atom. The number of hydrogen-bond acceptors (Lipinski definition) is 4. The molecular formula is C11H26N4O. The van der Waals surface area contributed by atoms with E-state index in [9.17, 15) is 0 Å². The van der Waals surface area contributed by atoms with Gasteiger partial charge in [0, 0.05) is 25.0 Å². The smallest absolute Gasteiger partial charge is 0.140 e. The van der Waals surface area contributed by atoms with Gasteiger partial charge in [0.2, 0.25) is 0 Å². The first-order valence-electron chi connectivity index (χ1n) is 5.79. The maximum absolute atomic E-state index is 8.56. The molecule has 16 heavy (non-hydrogen) atoms. The van der Waals surface area contributed by atoms with Crippen molar-refractivity contribution in [2.24, 2.45) is 10.9 Å². The standard InChI is InChI=1S/C11H26N4O/c1-6-15(10(3)8-14(4)5)9(2)7-11(12)13-16/h9-10,16H,6-8H2,1-5H3,(H2,12,13). The van der Waals surface area contributed by atoms with E-state index in [4.69, 9.17) is 10.9 Å². The molecule has 0 heterocycles. The third-order valence-corrected chi connectivity index (χ3v) is 2.76. The lowest BCUT2D eigenvalue weighted by Gasteiger charge is -2.34. The van der Waals surface area contributed by atoms with Crippen LogP contribution in [0, 0.1) is 0 Å². The molecule has 96 valence electrons. The van der Waals surface area contributed by atoms with Crippen LogP contribution in [0.25, 0.3) is 0 Å². The van der Waals surface area contributed by atoms with Gasteiger partial charge in [-0.3, -0.25) is 4.90 Å². The van der Waals surface area contributed by atoms with Gasteiger partial charge in [0.05, 0.1) is 0 Å². The maximum Gasteiger partial charge on any atom is 0.140 e. The highest BCUT2D eigenvalue weighted by molar-refractivity contribution is 5.80. The summed E-state index contributed by atoms with van der Waals surface area (Å²) in [6.45, 7) is 8.41. The zero-order valence-corrected chi connectivity index (χ0v) is 11.1. The molecule has 0 saturated carbocycles. The van der Waals surface area contributed by atoms with Crippen LogP contribution in [-0.2, 0) is 0 Å². The van der Waals surface area contributed by atoms with E-state index in [1.54, 1.807) is 0 Å². The van der Waals surface area contributed by atoms with E-state index < -0.39 is 0 Å². The van der Waals surface area contributed by atoms with Crippen molar-refractivity contribution in [2.75, 3.05) is 27.2 Å². The van der Waals surface area contributed by atoms with Gasteiger partial charge in [-0.1, -0.05) is 12.1 Å². The molecule has 0 spiro atoms. The van der Waals surface area contributed by atoms with Gasteiger partial charge in [-0.15, -0.1) is 0 Å². The summed E-state index contributed by atoms with van der Waals surface area (Å²) in [4.78, 5) is 4.53. The van der Waals surface area contributed by atoms with Gasteiger partial charge < -0.3 is 15.8 Å². The molecule has 0 aromatic heterocycles. The van der Waals surface area contributed by atoms with Gasteiger partial charge in [0.15, 0.2) is 0 Å². The summed E-state index contributed by atoms with van der Waals surface area (Å²) in [6, 6.07) is 0.748. The molecular weight excluding hydrogens is 204 g/mol. The molecule has 0 radical (unpaired) electrons. The lowest BCUT2D eigenvalue weighted by Crippen LogP contribution is -2.46. The van der Waals surface area contributed by atoms with Crippen molar-refractivity contribution in [1.82, 2.24) is 9.80 Å². The molecule has 0 amide bonds. The summed E-state index contributed by atoms with van der Waals surface area (Å²) in [7, 11) is 4.14. The highest BCUT2D eigenvalue weighted by atomic mass is 16.4. The van der Waals surface area contributed by atoms with Crippen molar-refractivity contribution < 1.29 is 5.21 Å². The summed E-state index contributed by atoms with van der Waals surface area (Å²) < 4.78 is 0. The van der Waals surface area contributed by atoms with Crippen LogP contribution in [0.1, 0.15) is 27.2 Å². The quantitative estimate of drug-likeness (QED) is 0.294. The minimum Gasteiger partial charge on any atom is -0.409 e. The maximum atomic E-state index is 8.56. The second kappa shape index (κ2) is 7.46. The number of amidine groups is 1. The normalized spacial score (nSPS) is 16.8. The van der Waals surface area contributed by atoms with Crippen LogP contribution in [0.4, 0.5) is 0 Å². The fourth-order valence-electron chi connectivity index (χ4n) is 2.15. The molecule has 0 saturated heterocycles. The zero-order chi connectivity index (χ0) is 12.7. The fraction of sp³-hybridized carbons (Fsp3) is 0.909. The molecule has 2 unspecified atom stereocenters. The molecule has 5 heteroatoms. The zero-order valence-electron chi connectivity index (χ0n) is 11.1. The molecule has 0 fully saturated rings. The third kappa shape index (κ3) is 5.32. The Labute approximate surface area is 98.9 Å². The molecule has 0 aliphatic carbocycles. The lowest BCUT2D eigenvalue weighted by molar-refractivity contribution is 0.139. The van der Waals surface area contributed by atoms with Crippen LogP contribution in [0.2, 0.25) is 0 Å². The summed E-state index contributed by atoms with van der Waals surface area (Å²) in [5.41, 5.74) is 5.53. The number of nitrogens with two attached hydrogens (primary N) is 1. The molecule has 0 aromatic rings. The average Bonchev–Trinajstić information content (AvgIpc) is 2.17. The molecule has 0 rings (SSSR count). The van der Waals surface area contributed by atoms with E-state index >= 15 is 0 Å². The summed E-state index contributed by atoms with van der Waals surface area (Å²) in [6.07, 6.45) is 0.599. The van der Waals surface area contributed by atoms with Gasteiger partial charge in [-0.2, -0.15) is 0 Å². The van der Waals surface area contributed by atoms with Gasteiger partial charge in [-0.05, 0) is 34.5 Å². The highest BCUT2D eigenvalue weighted by Gasteiger charge is 2.19. The summed E-state index contributed by atoms with van der Waals surface area (Å²) in [5.74, 6) is 0.294. The van der Waals surface area contributed by atoms with Crippen molar-refractivity contribution in [2.45, 2.75) is 39.3 Å². The van der Waals surface area contributed by atoms with E-state index in [1.807, 2.05) is 0 Å². The van der Waals surface area contributed by atoms with E-state index in [1.165, 1.54) is 0 Å². The number of rotatable bonds is 7. The highest BCUT2D eigenvalue weighted by Crippen LogP contribution is 2.09. The Hall–Kier alpha value is -0.810. The van der Waals surface area contributed by atoms with Crippen LogP contribution >= 0.6 is 0 Å². The first kappa shape index (κ1) is 15.2. The minimum absolute atomic E-state index is 0.288. The van der Waals surface area contributed by atoms with Crippen molar-refractivity contribution in [3.05, 3.63) is 0 Å². The van der Waals surface area contributed by atoms with Crippen LogP contribution < -0.4 is 5.73 Å². The monoisotopic (exact) mass is 230 g/mol. The molecule has 0 bridgehead atoms. The summed E-state index contributed by atoms with van der Waals surface area (Å²) >= 11 is 0. The minimum atomic E-state index is 0.288. The first-order valence-corrected chi connectivity index (χ1v) is 5.79. The number of likely N-dealkylation sites (N-methyl/N-ethyl adjacent to an activating group) is 2. The molecule has 0 aromatic carbocycles. The van der Waals surface area contributed by atoms with Crippen molar-refractivity contribution in [3.63, 3.8) is 0 Å². The van der Waals surface area contributed by atoms with Crippen LogP contribution in [0.3, 0.4) is 0 Å². The lowest BCUT2D eigenvalue weighted by atomic mass is 10.1. The Balaban J connectivity index is 4.35. The van der Waals surface area contributed by atoms with Crippen LogP contribution in [0.15, 0.2) is 5.16 Å².